The number of hydrogen-bond acceptors (Lipinski definition) is 4. The number of carbonyl (C=O) groups is 2. The van der Waals surface area contributed by atoms with Crippen LogP contribution >= 0.6 is 0 Å². The van der Waals surface area contributed by atoms with Gasteiger partial charge in [-0.05, 0) is 25.0 Å². The van der Waals surface area contributed by atoms with Crippen LogP contribution in [0.15, 0.2) is 36.8 Å². The molecule has 132 valence electrons. The molecule has 25 heavy (non-hydrogen) atoms. The topological polar surface area (TPSA) is 80.1 Å². The molecule has 7 heteroatoms. The van der Waals surface area contributed by atoms with Crippen molar-refractivity contribution in [2.24, 2.45) is 5.92 Å². The van der Waals surface area contributed by atoms with Crippen LogP contribution in [-0.4, -0.2) is 50.9 Å². The van der Waals surface area contributed by atoms with Crippen LogP contribution in [0.4, 0.5) is 0 Å². The van der Waals surface area contributed by atoms with E-state index in [0.717, 1.165) is 24.4 Å². The molecule has 3 heterocycles. The maximum atomic E-state index is 12.3. The Balaban J connectivity index is 1.49. The molecule has 0 aromatic carbocycles. The molecule has 0 aliphatic carbocycles. The van der Waals surface area contributed by atoms with E-state index in [-0.39, 0.29) is 17.7 Å². The van der Waals surface area contributed by atoms with Crippen LogP contribution in [0.25, 0.3) is 11.5 Å². The second-order valence-corrected chi connectivity index (χ2v) is 6.23. The minimum Gasteiger partial charge on any atom is -0.354 e. The van der Waals surface area contributed by atoms with Gasteiger partial charge in [-0.2, -0.15) is 0 Å². The van der Waals surface area contributed by atoms with Crippen molar-refractivity contribution in [3.63, 3.8) is 0 Å². The first kappa shape index (κ1) is 17.1. The highest BCUT2D eigenvalue weighted by atomic mass is 16.2. The van der Waals surface area contributed by atoms with Crippen molar-refractivity contribution in [2.75, 3.05) is 19.6 Å². The summed E-state index contributed by atoms with van der Waals surface area (Å²) >= 11 is 0. The monoisotopic (exact) mass is 341 g/mol. The van der Waals surface area contributed by atoms with E-state index >= 15 is 0 Å². The number of amides is 2. The van der Waals surface area contributed by atoms with E-state index < -0.39 is 0 Å². The average Bonchev–Trinajstić information content (AvgIpc) is 3.11. The molecule has 0 unspecified atom stereocenters. The lowest BCUT2D eigenvalue weighted by Crippen LogP contribution is -2.42. The molecule has 1 fully saturated rings. The van der Waals surface area contributed by atoms with E-state index in [2.05, 4.69) is 15.3 Å². The average molecular weight is 341 g/mol. The molecular formula is C18H23N5O2. The van der Waals surface area contributed by atoms with E-state index in [0.29, 0.717) is 26.2 Å². The summed E-state index contributed by atoms with van der Waals surface area (Å²) in [6, 6.07) is 5.71. The Morgan fingerprint density at radius 3 is 2.68 bits per heavy atom. The Hall–Kier alpha value is -2.70. The quantitative estimate of drug-likeness (QED) is 0.889. The predicted molar refractivity (Wildman–Crippen MR) is 93.4 cm³/mol. The zero-order chi connectivity index (χ0) is 17.6. The molecule has 1 saturated heterocycles. The van der Waals surface area contributed by atoms with Gasteiger partial charge in [0.15, 0.2) is 5.82 Å². The number of nitrogens with one attached hydrogen (secondary N) is 1. The van der Waals surface area contributed by atoms with Crippen molar-refractivity contribution in [1.29, 1.82) is 0 Å². The summed E-state index contributed by atoms with van der Waals surface area (Å²) in [5, 5.41) is 3.00. The second kappa shape index (κ2) is 7.92. The molecular weight excluding hydrogens is 318 g/mol. The van der Waals surface area contributed by atoms with Crippen molar-refractivity contribution >= 4 is 11.8 Å². The van der Waals surface area contributed by atoms with Crippen molar-refractivity contribution in [2.45, 2.75) is 26.3 Å². The van der Waals surface area contributed by atoms with Gasteiger partial charge in [-0.25, -0.2) is 4.98 Å². The summed E-state index contributed by atoms with van der Waals surface area (Å²) in [6.07, 6.45) is 6.83. The van der Waals surface area contributed by atoms with E-state index in [4.69, 9.17) is 0 Å². The molecule has 0 radical (unpaired) electrons. The molecule has 0 bridgehead atoms. The molecule has 7 nitrogen and oxygen atoms in total. The van der Waals surface area contributed by atoms with E-state index in [1.807, 2.05) is 29.0 Å². The summed E-state index contributed by atoms with van der Waals surface area (Å²) in [5.41, 5.74) is 0.815. The molecule has 1 aliphatic heterocycles. The van der Waals surface area contributed by atoms with Gasteiger partial charge in [0, 0.05) is 57.6 Å². The first-order valence-electron chi connectivity index (χ1n) is 8.61. The number of piperidine rings is 1. The minimum absolute atomic E-state index is 0.00588. The summed E-state index contributed by atoms with van der Waals surface area (Å²) in [4.78, 5) is 34.1. The summed E-state index contributed by atoms with van der Waals surface area (Å²) < 4.78 is 1.99. The number of aromatic nitrogens is 3. The maximum absolute atomic E-state index is 12.3. The van der Waals surface area contributed by atoms with Crippen LogP contribution in [-0.2, 0) is 16.1 Å². The van der Waals surface area contributed by atoms with Gasteiger partial charge in [-0.3, -0.25) is 14.6 Å². The number of likely N-dealkylation sites (tertiary alicyclic amines) is 1. The first-order chi connectivity index (χ1) is 12.1. The maximum Gasteiger partial charge on any atom is 0.223 e. The lowest BCUT2D eigenvalue weighted by Gasteiger charge is -2.30. The van der Waals surface area contributed by atoms with Crippen LogP contribution in [0.2, 0.25) is 0 Å². The van der Waals surface area contributed by atoms with Crippen LogP contribution in [0.5, 0.6) is 0 Å². The third-order valence-electron chi connectivity index (χ3n) is 4.57. The van der Waals surface area contributed by atoms with Crippen molar-refractivity contribution < 1.29 is 9.59 Å². The van der Waals surface area contributed by atoms with E-state index in [9.17, 15) is 9.59 Å². The summed E-state index contributed by atoms with van der Waals surface area (Å²) in [6.45, 7) is 4.09. The molecule has 0 atom stereocenters. The highest BCUT2D eigenvalue weighted by molar-refractivity contribution is 5.79. The van der Waals surface area contributed by atoms with Crippen LogP contribution < -0.4 is 5.32 Å². The molecule has 1 N–H and O–H groups in total. The molecule has 0 saturated carbocycles. The Morgan fingerprint density at radius 2 is 2.00 bits per heavy atom. The van der Waals surface area contributed by atoms with Gasteiger partial charge >= 0.3 is 0 Å². The normalized spacial score (nSPS) is 15.2. The second-order valence-electron chi connectivity index (χ2n) is 6.23. The number of rotatable bonds is 5. The van der Waals surface area contributed by atoms with Gasteiger partial charge in [0.1, 0.15) is 5.69 Å². The summed E-state index contributed by atoms with van der Waals surface area (Å²) in [5.74, 6) is 0.946. The highest BCUT2D eigenvalue weighted by Crippen LogP contribution is 2.17. The van der Waals surface area contributed by atoms with Crippen LogP contribution in [0, 0.1) is 5.92 Å². The Labute approximate surface area is 147 Å². The van der Waals surface area contributed by atoms with Crippen molar-refractivity contribution in [3.8, 4) is 11.5 Å². The number of pyridine rings is 1. The lowest BCUT2D eigenvalue weighted by atomic mass is 9.96. The van der Waals surface area contributed by atoms with Gasteiger partial charge in [0.2, 0.25) is 11.8 Å². The third kappa shape index (κ3) is 4.23. The van der Waals surface area contributed by atoms with Crippen molar-refractivity contribution in [1.82, 2.24) is 24.8 Å². The number of carbonyl (C=O) groups excluding carboxylic acids is 2. The minimum atomic E-state index is -0.00588. The molecule has 0 spiro atoms. The number of imidazole rings is 1. The molecule has 3 rings (SSSR count). The van der Waals surface area contributed by atoms with Crippen LogP contribution in [0.3, 0.4) is 0 Å². The smallest absolute Gasteiger partial charge is 0.223 e. The van der Waals surface area contributed by atoms with Gasteiger partial charge in [0.05, 0.1) is 0 Å². The Bertz CT molecular complexity index is 720. The van der Waals surface area contributed by atoms with E-state index in [1.165, 1.54) is 0 Å². The largest absolute Gasteiger partial charge is 0.354 e. The zero-order valence-electron chi connectivity index (χ0n) is 14.4. The lowest BCUT2D eigenvalue weighted by molar-refractivity contribution is -0.133. The molecule has 1 aliphatic rings. The summed E-state index contributed by atoms with van der Waals surface area (Å²) in [7, 11) is 0. The fraction of sp³-hybridized carbons (Fsp3) is 0.444. The van der Waals surface area contributed by atoms with Crippen LogP contribution in [0.1, 0.15) is 19.8 Å². The molecule has 2 amide bonds. The highest BCUT2D eigenvalue weighted by Gasteiger charge is 2.25. The third-order valence-corrected chi connectivity index (χ3v) is 4.57. The predicted octanol–water partition coefficient (Wildman–Crippen LogP) is 1.32. The Kier molecular flexibility index (Phi) is 5.42. The van der Waals surface area contributed by atoms with Gasteiger partial charge in [-0.15, -0.1) is 0 Å². The van der Waals surface area contributed by atoms with E-state index in [1.54, 1.807) is 24.2 Å². The Morgan fingerprint density at radius 1 is 1.20 bits per heavy atom. The van der Waals surface area contributed by atoms with Gasteiger partial charge < -0.3 is 14.8 Å². The standard InChI is InChI=1S/C18H23N5O2/c1-14(24)22-10-5-15(6-11-22)18(25)21-9-13-23-12-8-20-17(23)16-4-2-3-7-19-16/h2-4,7-8,12,15H,5-6,9-11,13H2,1H3,(H,21,25). The van der Waals surface area contributed by atoms with Gasteiger partial charge in [0.25, 0.3) is 0 Å². The fourth-order valence-electron chi connectivity index (χ4n) is 3.12. The zero-order valence-corrected chi connectivity index (χ0v) is 14.4. The number of hydrogen-bond donors (Lipinski definition) is 1. The number of nitrogens with zero attached hydrogens (tertiary/aromatic N) is 4. The molecule has 2 aromatic rings. The fourth-order valence-corrected chi connectivity index (χ4v) is 3.12. The van der Waals surface area contributed by atoms with Crippen molar-refractivity contribution in [3.05, 3.63) is 36.8 Å². The first-order valence-corrected chi connectivity index (χ1v) is 8.61. The van der Waals surface area contributed by atoms with Gasteiger partial charge in [-0.1, -0.05) is 6.07 Å². The molecule has 2 aromatic heterocycles. The SMILES string of the molecule is CC(=O)N1CCC(C(=O)NCCn2ccnc2-c2ccccn2)CC1.